The number of carbonyl (C=O) groups excluding carboxylic acids is 1. The second-order valence-electron chi connectivity index (χ2n) is 7.45. The highest BCUT2D eigenvalue weighted by Gasteiger charge is 2.32. The zero-order valence-corrected chi connectivity index (χ0v) is 18.4. The summed E-state index contributed by atoms with van der Waals surface area (Å²) in [6.07, 6.45) is 1.99. The van der Waals surface area contributed by atoms with E-state index in [1.54, 1.807) is 41.3 Å². The van der Waals surface area contributed by atoms with Crippen LogP contribution in [0.15, 0.2) is 53.4 Å². The maximum atomic E-state index is 13.5. The van der Waals surface area contributed by atoms with E-state index in [1.165, 1.54) is 26.4 Å². The van der Waals surface area contributed by atoms with Gasteiger partial charge in [0.2, 0.25) is 5.91 Å². The molecule has 1 atom stereocenters. The topological polar surface area (TPSA) is 76.2 Å². The Morgan fingerprint density at radius 3 is 2.50 bits per heavy atom. The number of ether oxygens (including phenoxy) is 2. The van der Waals surface area contributed by atoms with Gasteiger partial charge in [-0.05, 0) is 43.0 Å². The highest BCUT2D eigenvalue weighted by Crippen LogP contribution is 2.35. The van der Waals surface area contributed by atoms with Crippen LogP contribution in [0.5, 0.6) is 11.5 Å². The molecule has 1 aliphatic rings. The van der Waals surface area contributed by atoms with Gasteiger partial charge in [0.1, 0.15) is 18.0 Å². The monoisotopic (exact) mass is 432 g/mol. The van der Waals surface area contributed by atoms with E-state index in [0.717, 1.165) is 17.1 Å². The average molecular weight is 433 g/mol. The molecule has 0 bridgehead atoms. The Bertz CT molecular complexity index is 978. The van der Waals surface area contributed by atoms with Crippen LogP contribution in [0.4, 0.5) is 5.69 Å². The molecular formula is C22H28N2O5S. The fourth-order valence-electron chi connectivity index (χ4n) is 3.65. The van der Waals surface area contributed by atoms with Gasteiger partial charge in [-0.1, -0.05) is 25.1 Å². The molecule has 0 aliphatic carbocycles. The average Bonchev–Trinajstić information content (AvgIpc) is 2.77. The van der Waals surface area contributed by atoms with Crippen molar-refractivity contribution in [3.8, 4) is 11.5 Å². The normalized spacial score (nSPS) is 16.8. The Hall–Kier alpha value is -2.74. The van der Waals surface area contributed by atoms with Crippen molar-refractivity contribution in [2.75, 3.05) is 38.2 Å². The predicted octanol–water partition coefficient (Wildman–Crippen LogP) is 3.16. The first kappa shape index (κ1) is 22.0. The van der Waals surface area contributed by atoms with Crippen molar-refractivity contribution in [2.24, 2.45) is 5.92 Å². The molecule has 1 aliphatic heterocycles. The highest BCUT2D eigenvalue weighted by atomic mass is 32.2. The highest BCUT2D eigenvalue weighted by molar-refractivity contribution is 7.92. The number of rotatable bonds is 7. The molecule has 1 saturated heterocycles. The maximum absolute atomic E-state index is 13.5. The van der Waals surface area contributed by atoms with Crippen molar-refractivity contribution in [2.45, 2.75) is 24.7 Å². The summed E-state index contributed by atoms with van der Waals surface area (Å²) in [4.78, 5) is 15.0. The second-order valence-corrected chi connectivity index (χ2v) is 9.31. The number of sulfonamides is 1. The van der Waals surface area contributed by atoms with Gasteiger partial charge in [-0.3, -0.25) is 9.10 Å². The van der Waals surface area contributed by atoms with Gasteiger partial charge in [0.25, 0.3) is 10.0 Å². The van der Waals surface area contributed by atoms with Crippen molar-refractivity contribution in [1.82, 2.24) is 4.90 Å². The molecule has 2 aromatic carbocycles. The number of likely N-dealkylation sites (tertiary alicyclic amines) is 1. The fraction of sp³-hybridized carbons (Fsp3) is 0.409. The summed E-state index contributed by atoms with van der Waals surface area (Å²) in [5, 5.41) is 0. The predicted molar refractivity (Wildman–Crippen MR) is 115 cm³/mol. The third-order valence-corrected chi connectivity index (χ3v) is 7.05. The molecule has 0 aromatic heterocycles. The zero-order chi connectivity index (χ0) is 21.7. The molecule has 1 amide bonds. The number of hydrogen-bond acceptors (Lipinski definition) is 5. The van der Waals surface area contributed by atoms with Gasteiger partial charge < -0.3 is 14.4 Å². The summed E-state index contributed by atoms with van der Waals surface area (Å²) in [6, 6.07) is 13.0. The van der Waals surface area contributed by atoms with Crippen LogP contribution in [0, 0.1) is 5.92 Å². The molecule has 2 aromatic rings. The molecule has 1 heterocycles. The molecule has 30 heavy (non-hydrogen) atoms. The molecule has 162 valence electrons. The van der Waals surface area contributed by atoms with Gasteiger partial charge in [0.15, 0.2) is 0 Å². The Labute approximate surface area is 178 Å². The smallest absolute Gasteiger partial charge is 0.264 e. The number of carbonyl (C=O) groups is 1. The van der Waals surface area contributed by atoms with Crippen LogP contribution in [-0.2, 0) is 14.8 Å². The lowest BCUT2D eigenvalue weighted by Crippen LogP contribution is -2.46. The number of anilines is 1. The van der Waals surface area contributed by atoms with E-state index in [2.05, 4.69) is 6.92 Å². The van der Waals surface area contributed by atoms with E-state index in [0.29, 0.717) is 30.5 Å². The van der Waals surface area contributed by atoms with Crippen LogP contribution in [0.1, 0.15) is 19.8 Å². The summed E-state index contributed by atoms with van der Waals surface area (Å²) in [5.41, 5.74) is 0.263. The number of hydrogen-bond donors (Lipinski definition) is 0. The van der Waals surface area contributed by atoms with Crippen LogP contribution < -0.4 is 13.8 Å². The molecule has 1 fully saturated rings. The largest absolute Gasteiger partial charge is 0.497 e. The number of piperidine rings is 1. The van der Waals surface area contributed by atoms with Gasteiger partial charge in [0.05, 0.1) is 24.8 Å². The summed E-state index contributed by atoms with van der Waals surface area (Å²) in [5.74, 6) is 0.979. The summed E-state index contributed by atoms with van der Waals surface area (Å²) < 4.78 is 38.9. The van der Waals surface area contributed by atoms with Crippen LogP contribution in [0.3, 0.4) is 0 Å². The third-order valence-electron chi connectivity index (χ3n) is 5.27. The zero-order valence-electron chi connectivity index (χ0n) is 17.6. The second kappa shape index (κ2) is 9.38. The minimum absolute atomic E-state index is 0.106. The Kier molecular flexibility index (Phi) is 6.87. The van der Waals surface area contributed by atoms with Gasteiger partial charge in [-0.2, -0.15) is 0 Å². The van der Waals surface area contributed by atoms with Gasteiger partial charge in [-0.25, -0.2) is 8.42 Å². The third kappa shape index (κ3) is 4.70. The van der Waals surface area contributed by atoms with Gasteiger partial charge in [0, 0.05) is 19.2 Å². The lowest BCUT2D eigenvalue weighted by atomic mass is 10.0. The Morgan fingerprint density at radius 2 is 1.87 bits per heavy atom. The molecular weight excluding hydrogens is 404 g/mol. The first-order chi connectivity index (χ1) is 14.4. The van der Waals surface area contributed by atoms with Crippen LogP contribution in [0.2, 0.25) is 0 Å². The standard InChI is InChI=1S/C22H28N2O5S/c1-17-8-7-13-23(15-17)22(25)16-24(30(26,27)19-9-5-4-6-10-19)20-14-18(28-2)11-12-21(20)29-3/h4-6,9-12,14,17H,7-8,13,15-16H2,1-3H3/t17-/m0/s1. The minimum Gasteiger partial charge on any atom is -0.497 e. The molecule has 0 saturated carbocycles. The minimum atomic E-state index is -4.01. The van der Waals surface area contributed by atoms with E-state index in [-0.39, 0.29) is 23.0 Å². The number of amides is 1. The van der Waals surface area contributed by atoms with Crippen LogP contribution >= 0.6 is 0 Å². The van der Waals surface area contributed by atoms with Crippen LogP contribution in [-0.4, -0.2) is 53.1 Å². The number of nitrogens with zero attached hydrogens (tertiary/aromatic N) is 2. The molecule has 0 spiro atoms. The maximum Gasteiger partial charge on any atom is 0.264 e. The Morgan fingerprint density at radius 1 is 1.13 bits per heavy atom. The molecule has 7 nitrogen and oxygen atoms in total. The van der Waals surface area contributed by atoms with Crippen LogP contribution in [0.25, 0.3) is 0 Å². The van der Waals surface area contributed by atoms with E-state index in [9.17, 15) is 13.2 Å². The van der Waals surface area contributed by atoms with Crippen molar-refractivity contribution in [1.29, 1.82) is 0 Å². The molecule has 8 heteroatoms. The van der Waals surface area contributed by atoms with Crippen molar-refractivity contribution >= 4 is 21.6 Å². The summed E-state index contributed by atoms with van der Waals surface area (Å²) in [7, 11) is -1.04. The molecule has 0 radical (unpaired) electrons. The molecule has 0 N–H and O–H groups in total. The summed E-state index contributed by atoms with van der Waals surface area (Å²) in [6.45, 7) is 3.06. The van der Waals surface area contributed by atoms with E-state index in [4.69, 9.17) is 9.47 Å². The van der Waals surface area contributed by atoms with Crippen molar-refractivity contribution in [3.63, 3.8) is 0 Å². The van der Waals surface area contributed by atoms with E-state index < -0.39 is 10.0 Å². The summed E-state index contributed by atoms with van der Waals surface area (Å²) >= 11 is 0. The van der Waals surface area contributed by atoms with Crippen molar-refractivity contribution < 1.29 is 22.7 Å². The quantitative estimate of drug-likeness (QED) is 0.672. The van der Waals surface area contributed by atoms with Gasteiger partial charge >= 0.3 is 0 Å². The lowest BCUT2D eigenvalue weighted by molar-refractivity contribution is -0.131. The Balaban J connectivity index is 2.05. The van der Waals surface area contributed by atoms with Gasteiger partial charge in [-0.15, -0.1) is 0 Å². The molecule has 0 unspecified atom stereocenters. The van der Waals surface area contributed by atoms with E-state index in [1.807, 2.05) is 0 Å². The first-order valence-corrected chi connectivity index (χ1v) is 11.4. The number of methoxy groups -OCH3 is 2. The SMILES string of the molecule is COc1ccc(OC)c(N(CC(=O)N2CCC[C@H](C)C2)S(=O)(=O)c2ccccc2)c1. The first-order valence-electron chi connectivity index (χ1n) is 9.94. The van der Waals surface area contributed by atoms with E-state index >= 15 is 0 Å². The lowest BCUT2D eigenvalue weighted by Gasteiger charge is -2.33. The van der Waals surface area contributed by atoms with Crippen molar-refractivity contribution in [3.05, 3.63) is 48.5 Å². The number of benzene rings is 2. The molecule has 3 rings (SSSR count). The fourth-order valence-corrected chi connectivity index (χ4v) is 5.09.